The van der Waals surface area contributed by atoms with Gasteiger partial charge in [0.25, 0.3) is 0 Å². The van der Waals surface area contributed by atoms with Crippen LogP contribution in [0, 0.1) is 0 Å². The number of likely N-dealkylation sites (tertiary alicyclic amines) is 1. The standard InChI is InChI=1S/C20H22N2O4S/c1-25-20(24)17(22-18(23)16(21)19(22)27-2)14-8-10-15(11-9-14)26-12-13-6-4-3-5-7-13/h3-11,16-17,19H,12,21H2,1-2H3. The van der Waals surface area contributed by atoms with Crippen molar-refractivity contribution in [2.24, 2.45) is 5.73 Å². The summed E-state index contributed by atoms with van der Waals surface area (Å²) in [7, 11) is 1.31. The Bertz CT molecular complexity index is 797. The Balaban J connectivity index is 1.75. The van der Waals surface area contributed by atoms with E-state index >= 15 is 0 Å². The molecule has 142 valence electrons. The van der Waals surface area contributed by atoms with Gasteiger partial charge in [-0.3, -0.25) is 4.79 Å². The van der Waals surface area contributed by atoms with Crippen molar-refractivity contribution in [1.29, 1.82) is 0 Å². The first-order chi connectivity index (χ1) is 13.1. The average Bonchev–Trinajstić information content (AvgIpc) is 2.72. The molecule has 1 saturated heterocycles. The third-order valence-electron chi connectivity index (χ3n) is 4.51. The van der Waals surface area contributed by atoms with Crippen LogP contribution in [0.25, 0.3) is 0 Å². The number of rotatable bonds is 7. The first-order valence-corrected chi connectivity index (χ1v) is 9.80. The van der Waals surface area contributed by atoms with Crippen LogP contribution in [-0.4, -0.2) is 41.6 Å². The number of benzene rings is 2. The molecular formula is C20H22N2O4S. The molecule has 1 aliphatic rings. The van der Waals surface area contributed by atoms with Crippen molar-refractivity contribution in [2.75, 3.05) is 13.4 Å². The number of ether oxygens (including phenoxy) is 2. The molecule has 2 aromatic rings. The summed E-state index contributed by atoms with van der Waals surface area (Å²) in [4.78, 5) is 26.1. The summed E-state index contributed by atoms with van der Waals surface area (Å²) in [6, 6.07) is 15.6. The summed E-state index contributed by atoms with van der Waals surface area (Å²) >= 11 is 1.44. The monoisotopic (exact) mass is 386 g/mol. The van der Waals surface area contributed by atoms with Crippen LogP contribution in [0.5, 0.6) is 5.75 Å². The molecule has 3 atom stereocenters. The number of hydrogen-bond donors (Lipinski definition) is 1. The van der Waals surface area contributed by atoms with Crippen molar-refractivity contribution in [3.8, 4) is 5.75 Å². The van der Waals surface area contributed by atoms with Crippen LogP contribution in [0.1, 0.15) is 17.2 Å². The third-order valence-corrected chi connectivity index (χ3v) is 5.51. The molecule has 7 heteroatoms. The molecule has 0 bridgehead atoms. The van der Waals surface area contributed by atoms with E-state index in [1.165, 1.54) is 23.8 Å². The maximum absolute atomic E-state index is 12.4. The maximum Gasteiger partial charge on any atom is 0.333 e. The molecule has 0 aromatic heterocycles. The lowest BCUT2D eigenvalue weighted by molar-refractivity contribution is -0.162. The van der Waals surface area contributed by atoms with Crippen LogP contribution in [0.15, 0.2) is 54.6 Å². The van der Waals surface area contributed by atoms with Crippen molar-refractivity contribution in [2.45, 2.75) is 24.1 Å². The van der Waals surface area contributed by atoms with Gasteiger partial charge in [0.1, 0.15) is 23.8 Å². The van der Waals surface area contributed by atoms with Gasteiger partial charge >= 0.3 is 5.97 Å². The zero-order chi connectivity index (χ0) is 19.4. The predicted octanol–water partition coefficient (Wildman–Crippen LogP) is 2.34. The minimum atomic E-state index is -0.817. The van der Waals surface area contributed by atoms with Crippen LogP contribution in [0.3, 0.4) is 0 Å². The van der Waals surface area contributed by atoms with Gasteiger partial charge in [0.2, 0.25) is 5.91 Å². The summed E-state index contributed by atoms with van der Waals surface area (Å²) in [6.45, 7) is 0.453. The fourth-order valence-electron chi connectivity index (χ4n) is 3.05. The molecule has 2 N–H and O–H groups in total. The molecule has 1 aliphatic heterocycles. The number of amides is 1. The normalized spacial score (nSPS) is 20.0. The molecule has 0 radical (unpaired) electrons. The van der Waals surface area contributed by atoms with Crippen molar-refractivity contribution in [1.82, 2.24) is 4.90 Å². The Morgan fingerprint density at radius 2 is 1.85 bits per heavy atom. The Hall–Kier alpha value is -2.51. The molecule has 0 spiro atoms. The van der Waals surface area contributed by atoms with Crippen LogP contribution < -0.4 is 10.5 Å². The zero-order valence-corrected chi connectivity index (χ0v) is 16.0. The SMILES string of the molecule is COC(=O)C(c1ccc(OCc2ccccc2)cc1)N1C(=O)C(N)C1SC. The maximum atomic E-state index is 12.4. The van der Waals surface area contributed by atoms with Gasteiger partial charge in [-0.25, -0.2) is 4.79 Å². The van der Waals surface area contributed by atoms with Crippen molar-refractivity contribution in [3.63, 3.8) is 0 Å². The molecular weight excluding hydrogens is 364 g/mol. The van der Waals surface area contributed by atoms with Crippen molar-refractivity contribution in [3.05, 3.63) is 65.7 Å². The highest BCUT2D eigenvalue weighted by Crippen LogP contribution is 2.37. The molecule has 0 saturated carbocycles. The number of nitrogens with zero attached hydrogens (tertiary/aromatic N) is 1. The van der Waals surface area contributed by atoms with E-state index in [0.29, 0.717) is 17.9 Å². The molecule has 27 heavy (non-hydrogen) atoms. The number of thioether (sulfide) groups is 1. The Morgan fingerprint density at radius 3 is 2.44 bits per heavy atom. The van der Waals surface area contributed by atoms with E-state index in [9.17, 15) is 9.59 Å². The van der Waals surface area contributed by atoms with Crippen molar-refractivity contribution < 1.29 is 19.1 Å². The fourth-order valence-corrected chi connectivity index (χ4v) is 3.92. The molecule has 3 unspecified atom stereocenters. The van der Waals surface area contributed by atoms with Gasteiger partial charge in [0.15, 0.2) is 6.04 Å². The second-order valence-corrected chi connectivity index (χ2v) is 7.12. The van der Waals surface area contributed by atoms with Crippen LogP contribution in [-0.2, 0) is 20.9 Å². The van der Waals surface area contributed by atoms with E-state index in [4.69, 9.17) is 15.2 Å². The van der Waals surface area contributed by atoms with Gasteiger partial charge in [-0.15, -0.1) is 11.8 Å². The zero-order valence-electron chi connectivity index (χ0n) is 15.2. The first-order valence-electron chi connectivity index (χ1n) is 8.52. The van der Waals surface area contributed by atoms with E-state index in [2.05, 4.69) is 0 Å². The van der Waals surface area contributed by atoms with Gasteiger partial charge in [0, 0.05) is 0 Å². The largest absolute Gasteiger partial charge is 0.489 e. The van der Waals surface area contributed by atoms with E-state index in [1.807, 2.05) is 36.6 Å². The number of methoxy groups -OCH3 is 1. The number of carbonyl (C=O) groups is 2. The minimum Gasteiger partial charge on any atom is -0.489 e. The number of β-lactam (4-membered cyclic amide) rings is 1. The van der Waals surface area contributed by atoms with E-state index in [-0.39, 0.29) is 11.3 Å². The van der Waals surface area contributed by atoms with E-state index in [1.54, 1.807) is 24.3 Å². The highest BCUT2D eigenvalue weighted by Gasteiger charge is 2.50. The molecule has 2 aromatic carbocycles. The molecule has 1 fully saturated rings. The van der Waals surface area contributed by atoms with Crippen LogP contribution in [0.4, 0.5) is 0 Å². The minimum absolute atomic E-state index is 0.254. The topological polar surface area (TPSA) is 81.9 Å². The molecule has 1 amide bonds. The molecule has 0 aliphatic carbocycles. The third kappa shape index (κ3) is 3.94. The van der Waals surface area contributed by atoms with Gasteiger partial charge in [-0.1, -0.05) is 42.5 Å². The first kappa shape index (κ1) is 19.3. The molecule has 6 nitrogen and oxygen atoms in total. The number of hydrogen-bond acceptors (Lipinski definition) is 6. The Kier molecular flexibility index (Phi) is 6.03. The summed E-state index contributed by atoms with van der Waals surface area (Å²) < 4.78 is 10.7. The summed E-state index contributed by atoms with van der Waals surface area (Å²) in [5.74, 6) is -0.0688. The van der Waals surface area contributed by atoms with Gasteiger partial charge in [-0.2, -0.15) is 0 Å². The highest BCUT2D eigenvalue weighted by atomic mass is 32.2. The Labute approximate surface area is 162 Å². The highest BCUT2D eigenvalue weighted by molar-refractivity contribution is 7.99. The molecule has 3 rings (SSSR count). The van der Waals surface area contributed by atoms with E-state index in [0.717, 1.165) is 5.56 Å². The lowest BCUT2D eigenvalue weighted by atomic mass is 9.98. The quantitative estimate of drug-likeness (QED) is 0.581. The fraction of sp³-hybridized carbons (Fsp3) is 0.300. The lowest BCUT2D eigenvalue weighted by Crippen LogP contribution is -2.68. The summed E-state index contributed by atoms with van der Waals surface area (Å²) in [5.41, 5.74) is 7.59. The second-order valence-electron chi connectivity index (χ2n) is 6.17. The van der Waals surface area contributed by atoms with Gasteiger partial charge in [0.05, 0.1) is 7.11 Å². The predicted molar refractivity (Wildman–Crippen MR) is 104 cm³/mol. The average molecular weight is 386 g/mol. The number of nitrogens with two attached hydrogens (primary N) is 1. The van der Waals surface area contributed by atoms with E-state index < -0.39 is 18.1 Å². The number of esters is 1. The van der Waals surface area contributed by atoms with Crippen LogP contribution in [0.2, 0.25) is 0 Å². The Morgan fingerprint density at radius 1 is 1.19 bits per heavy atom. The summed E-state index contributed by atoms with van der Waals surface area (Å²) in [6.07, 6.45) is 1.86. The van der Waals surface area contributed by atoms with Crippen LogP contribution >= 0.6 is 11.8 Å². The lowest BCUT2D eigenvalue weighted by Gasteiger charge is -2.47. The summed E-state index contributed by atoms with van der Waals surface area (Å²) in [5, 5.41) is -0.254. The smallest absolute Gasteiger partial charge is 0.333 e. The van der Waals surface area contributed by atoms with Gasteiger partial charge < -0.3 is 20.1 Å². The van der Waals surface area contributed by atoms with Crippen molar-refractivity contribution >= 4 is 23.6 Å². The molecule has 1 heterocycles. The second kappa shape index (κ2) is 8.45. The van der Waals surface area contributed by atoms with Gasteiger partial charge in [-0.05, 0) is 29.5 Å². The number of carbonyl (C=O) groups excluding carboxylic acids is 2.